The Balaban J connectivity index is 2.74. The SMILES string of the molecule is CC(O)C(N)c1noc(C([NH3+])CC(N)=O)n1. The number of primary amides is 1. The van der Waals surface area contributed by atoms with Crippen molar-refractivity contribution >= 4 is 5.91 Å². The van der Waals surface area contributed by atoms with Gasteiger partial charge in [0.25, 0.3) is 5.89 Å². The maximum absolute atomic E-state index is 10.7. The van der Waals surface area contributed by atoms with Crippen LogP contribution in [0.2, 0.25) is 0 Å². The molecule has 1 rings (SSSR count). The van der Waals surface area contributed by atoms with Gasteiger partial charge in [-0.05, 0) is 6.92 Å². The summed E-state index contributed by atoms with van der Waals surface area (Å²) in [6.45, 7) is 1.52. The summed E-state index contributed by atoms with van der Waals surface area (Å²) < 4.78 is 4.88. The Kier molecular flexibility index (Phi) is 3.93. The number of amides is 1. The second-order valence-electron chi connectivity index (χ2n) is 3.62. The van der Waals surface area contributed by atoms with E-state index >= 15 is 0 Å². The summed E-state index contributed by atoms with van der Waals surface area (Å²) in [4.78, 5) is 14.6. The van der Waals surface area contributed by atoms with Crippen molar-refractivity contribution in [1.29, 1.82) is 0 Å². The number of carbonyl (C=O) groups is 1. The lowest BCUT2D eigenvalue weighted by molar-refractivity contribution is -0.430. The Bertz CT molecular complexity index is 364. The number of nitrogens with zero attached hydrogens (tertiary/aromatic N) is 2. The minimum absolute atomic E-state index is 0.0194. The van der Waals surface area contributed by atoms with E-state index in [1.165, 1.54) is 6.92 Å². The first-order valence-corrected chi connectivity index (χ1v) is 4.80. The van der Waals surface area contributed by atoms with Gasteiger partial charge in [-0.1, -0.05) is 5.16 Å². The van der Waals surface area contributed by atoms with Gasteiger partial charge in [0.05, 0.1) is 18.6 Å². The van der Waals surface area contributed by atoms with E-state index in [2.05, 4.69) is 15.9 Å². The summed E-state index contributed by atoms with van der Waals surface area (Å²) in [5, 5.41) is 12.8. The Labute approximate surface area is 91.8 Å². The average molecular weight is 230 g/mol. The van der Waals surface area contributed by atoms with Crippen molar-refractivity contribution in [3.05, 3.63) is 11.7 Å². The van der Waals surface area contributed by atoms with E-state index in [1.54, 1.807) is 0 Å². The van der Waals surface area contributed by atoms with Crippen LogP contribution in [0.3, 0.4) is 0 Å². The molecule has 16 heavy (non-hydrogen) atoms. The highest BCUT2D eigenvalue weighted by Crippen LogP contribution is 2.14. The summed E-state index contributed by atoms with van der Waals surface area (Å²) >= 11 is 0. The smallest absolute Gasteiger partial charge is 0.285 e. The lowest BCUT2D eigenvalue weighted by Gasteiger charge is -2.08. The molecule has 0 spiro atoms. The molecule has 90 valence electrons. The monoisotopic (exact) mass is 230 g/mol. The number of aromatic nitrogens is 2. The number of rotatable bonds is 5. The fourth-order valence-corrected chi connectivity index (χ4v) is 1.09. The number of aliphatic hydroxyl groups is 1. The van der Waals surface area contributed by atoms with E-state index in [0.29, 0.717) is 0 Å². The molecule has 8 N–H and O–H groups in total. The molecule has 3 atom stereocenters. The summed E-state index contributed by atoms with van der Waals surface area (Å²) in [7, 11) is 0. The number of hydrogen-bond acceptors (Lipinski definition) is 6. The van der Waals surface area contributed by atoms with E-state index in [1.807, 2.05) is 0 Å². The molecule has 0 saturated carbocycles. The zero-order valence-corrected chi connectivity index (χ0v) is 8.96. The molecule has 0 bridgehead atoms. The average Bonchev–Trinajstić information content (AvgIpc) is 2.63. The second-order valence-corrected chi connectivity index (χ2v) is 3.62. The molecule has 1 aromatic rings. The molecule has 0 aromatic carbocycles. The maximum Gasteiger partial charge on any atom is 0.285 e. The minimum Gasteiger partial charge on any atom is -0.391 e. The number of hydrogen-bond donors (Lipinski definition) is 4. The summed E-state index contributed by atoms with van der Waals surface area (Å²) in [5.41, 5.74) is 14.3. The first-order chi connectivity index (χ1) is 7.41. The van der Waals surface area contributed by atoms with Crippen LogP contribution >= 0.6 is 0 Å². The molecule has 0 aliphatic carbocycles. The highest BCUT2D eigenvalue weighted by Gasteiger charge is 2.24. The maximum atomic E-state index is 10.7. The van der Waals surface area contributed by atoms with E-state index in [-0.39, 0.29) is 18.1 Å². The highest BCUT2D eigenvalue weighted by molar-refractivity contribution is 5.74. The molecule has 0 aliphatic rings. The van der Waals surface area contributed by atoms with Gasteiger partial charge in [0.15, 0.2) is 11.9 Å². The minimum atomic E-state index is -0.787. The van der Waals surface area contributed by atoms with Gasteiger partial charge in [0.2, 0.25) is 5.91 Å². The van der Waals surface area contributed by atoms with Gasteiger partial charge in [-0.3, -0.25) is 4.79 Å². The Hall–Kier alpha value is -1.51. The molecule has 3 unspecified atom stereocenters. The van der Waals surface area contributed by atoms with Crippen LogP contribution in [0.4, 0.5) is 0 Å². The largest absolute Gasteiger partial charge is 0.391 e. The van der Waals surface area contributed by atoms with Crippen molar-refractivity contribution in [3.8, 4) is 0 Å². The summed E-state index contributed by atoms with van der Waals surface area (Å²) in [6, 6.07) is -1.22. The topological polar surface area (TPSA) is 156 Å². The normalized spacial score (nSPS) is 16.8. The zero-order chi connectivity index (χ0) is 12.3. The van der Waals surface area contributed by atoms with Gasteiger partial charge in [0, 0.05) is 0 Å². The van der Waals surface area contributed by atoms with Gasteiger partial charge in [-0.2, -0.15) is 4.98 Å². The molecule has 8 heteroatoms. The van der Waals surface area contributed by atoms with Crippen molar-refractivity contribution in [2.75, 3.05) is 0 Å². The lowest BCUT2D eigenvalue weighted by atomic mass is 10.2. The molecule has 0 fully saturated rings. The van der Waals surface area contributed by atoms with Crippen LogP contribution in [0.25, 0.3) is 0 Å². The van der Waals surface area contributed by atoms with Crippen molar-refractivity contribution in [2.45, 2.75) is 31.5 Å². The predicted octanol–water partition coefficient (Wildman–Crippen LogP) is -2.39. The molecule has 1 aromatic heterocycles. The van der Waals surface area contributed by atoms with Crippen LogP contribution in [-0.2, 0) is 4.79 Å². The molecule has 1 amide bonds. The number of nitrogens with two attached hydrogens (primary N) is 2. The lowest BCUT2D eigenvalue weighted by Crippen LogP contribution is -2.55. The first-order valence-electron chi connectivity index (χ1n) is 4.80. The third kappa shape index (κ3) is 2.99. The van der Waals surface area contributed by atoms with Crippen LogP contribution in [0.5, 0.6) is 0 Å². The predicted molar refractivity (Wildman–Crippen MR) is 52.3 cm³/mol. The molecule has 0 radical (unpaired) electrons. The molecule has 0 aliphatic heterocycles. The number of carbonyl (C=O) groups excluding carboxylic acids is 1. The van der Waals surface area contributed by atoms with Crippen molar-refractivity contribution < 1.29 is 20.2 Å². The standard InChI is InChI=1S/C8H15N5O3/c1-3(14)6(11)7-12-8(16-13-7)4(9)2-5(10)15/h3-4,6,14H,2,9,11H2,1H3,(H2,10,15)/p+1. The van der Waals surface area contributed by atoms with Crippen LogP contribution in [0.1, 0.15) is 37.1 Å². The van der Waals surface area contributed by atoms with Crippen LogP contribution in [0.15, 0.2) is 4.52 Å². The molecule has 1 heterocycles. The summed E-state index contributed by atoms with van der Waals surface area (Å²) in [6.07, 6.45) is -0.768. The fraction of sp³-hybridized carbons (Fsp3) is 0.625. The Morgan fingerprint density at radius 3 is 2.81 bits per heavy atom. The van der Waals surface area contributed by atoms with Crippen molar-refractivity contribution in [2.24, 2.45) is 11.5 Å². The van der Waals surface area contributed by atoms with Crippen molar-refractivity contribution in [3.63, 3.8) is 0 Å². The van der Waals surface area contributed by atoms with Gasteiger partial charge in [-0.15, -0.1) is 0 Å². The molecule has 8 nitrogen and oxygen atoms in total. The van der Waals surface area contributed by atoms with E-state index in [4.69, 9.17) is 16.0 Å². The van der Waals surface area contributed by atoms with Crippen LogP contribution < -0.4 is 17.2 Å². The first kappa shape index (κ1) is 12.6. The van der Waals surface area contributed by atoms with Gasteiger partial charge < -0.3 is 26.8 Å². The third-order valence-corrected chi connectivity index (χ3v) is 2.07. The Morgan fingerprint density at radius 1 is 1.69 bits per heavy atom. The van der Waals surface area contributed by atoms with Gasteiger partial charge in [-0.25, -0.2) is 0 Å². The highest BCUT2D eigenvalue weighted by atomic mass is 16.5. The fourth-order valence-electron chi connectivity index (χ4n) is 1.09. The second kappa shape index (κ2) is 5.01. The summed E-state index contributed by atoms with van der Waals surface area (Å²) in [5.74, 6) is -0.132. The van der Waals surface area contributed by atoms with E-state index < -0.39 is 24.1 Å². The molecule has 0 saturated heterocycles. The van der Waals surface area contributed by atoms with Crippen LogP contribution in [0, 0.1) is 0 Å². The molecular formula is C8H16N5O3+. The third-order valence-electron chi connectivity index (χ3n) is 2.07. The van der Waals surface area contributed by atoms with Gasteiger partial charge in [0.1, 0.15) is 0 Å². The van der Waals surface area contributed by atoms with Crippen LogP contribution in [-0.4, -0.2) is 27.3 Å². The van der Waals surface area contributed by atoms with Gasteiger partial charge >= 0.3 is 0 Å². The van der Waals surface area contributed by atoms with Crippen molar-refractivity contribution in [1.82, 2.24) is 10.1 Å². The number of aliphatic hydroxyl groups excluding tert-OH is 1. The zero-order valence-electron chi connectivity index (χ0n) is 8.96. The quantitative estimate of drug-likeness (QED) is 0.442. The van der Waals surface area contributed by atoms with E-state index in [9.17, 15) is 9.90 Å². The Morgan fingerprint density at radius 2 is 2.31 bits per heavy atom. The van der Waals surface area contributed by atoms with E-state index in [0.717, 1.165) is 0 Å². The molecular weight excluding hydrogens is 214 g/mol. The number of quaternary nitrogens is 1.